The van der Waals surface area contributed by atoms with Gasteiger partial charge in [-0.25, -0.2) is 4.68 Å². The molecule has 78 valence electrons. The van der Waals surface area contributed by atoms with Gasteiger partial charge in [-0.05, 0) is 6.92 Å². The number of aliphatic hydroxyl groups is 1. The summed E-state index contributed by atoms with van der Waals surface area (Å²) < 4.78 is 1.65. The minimum atomic E-state index is -0.407. The largest absolute Gasteiger partial charge is 0.391 e. The highest BCUT2D eigenvalue weighted by Gasteiger charge is 2.04. The zero-order chi connectivity index (χ0) is 10.7. The van der Waals surface area contributed by atoms with Crippen molar-refractivity contribution >= 4 is 0 Å². The van der Waals surface area contributed by atoms with Gasteiger partial charge in [0.05, 0.1) is 18.8 Å². The maximum atomic E-state index is 9.20. The van der Waals surface area contributed by atoms with E-state index in [-0.39, 0.29) is 0 Å². The first-order valence-corrected chi connectivity index (χ1v) is 4.89. The summed E-state index contributed by atoms with van der Waals surface area (Å²) in [6, 6.07) is 9.85. The third kappa shape index (κ3) is 2.41. The van der Waals surface area contributed by atoms with Crippen LogP contribution in [0.3, 0.4) is 0 Å². The van der Waals surface area contributed by atoms with Gasteiger partial charge in [-0.15, -0.1) is 5.10 Å². The van der Waals surface area contributed by atoms with E-state index in [0.29, 0.717) is 6.54 Å². The van der Waals surface area contributed by atoms with E-state index in [1.54, 1.807) is 11.6 Å². The zero-order valence-electron chi connectivity index (χ0n) is 8.54. The van der Waals surface area contributed by atoms with Gasteiger partial charge < -0.3 is 5.11 Å². The van der Waals surface area contributed by atoms with E-state index in [9.17, 15) is 5.11 Å². The van der Waals surface area contributed by atoms with E-state index in [2.05, 4.69) is 10.3 Å². The Balaban J connectivity index is 2.21. The Morgan fingerprint density at radius 1 is 1.33 bits per heavy atom. The summed E-state index contributed by atoms with van der Waals surface area (Å²) in [6.07, 6.45) is 1.43. The zero-order valence-corrected chi connectivity index (χ0v) is 8.54. The summed E-state index contributed by atoms with van der Waals surface area (Å²) in [5.41, 5.74) is 1.87. The molecule has 1 heterocycles. The fraction of sp³-hybridized carbons (Fsp3) is 0.273. The van der Waals surface area contributed by atoms with Crippen LogP contribution in [0.15, 0.2) is 36.5 Å². The van der Waals surface area contributed by atoms with E-state index in [1.807, 2.05) is 36.5 Å². The van der Waals surface area contributed by atoms with Gasteiger partial charge in [0.1, 0.15) is 5.69 Å². The molecule has 0 radical (unpaired) electrons. The molecule has 1 aromatic heterocycles. The van der Waals surface area contributed by atoms with Crippen molar-refractivity contribution in [3.8, 4) is 11.3 Å². The minimum absolute atomic E-state index is 0.407. The predicted molar refractivity (Wildman–Crippen MR) is 57.1 cm³/mol. The van der Waals surface area contributed by atoms with Gasteiger partial charge in [-0.1, -0.05) is 35.5 Å². The fourth-order valence-electron chi connectivity index (χ4n) is 1.40. The minimum Gasteiger partial charge on any atom is -0.391 e. The molecule has 2 rings (SSSR count). The van der Waals surface area contributed by atoms with Crippen LogP contribution in [0.5, 0.6) is 0 Å². The van der Waals surface area contributed by atoms with Crippen LogP contribution in [-0.2, 0) is 6.54 Å². The van der Waals surface area contributed by atoms with Crippen molar-refractivity contribution < 1.29 is 5.11 Å². The van der Waals surface area contributed by atoms with Crippen molar-refractivity contribution in [1.82, 2.24) is 15.0 Å². The van der Waals surface area contributed by atoms with Crippen molar-refractivity contribution in [3.05, 3.63) is 36.5 Å². The first kappa shape index (κ1) is 9.86. The van der Waals surface area contributed by atoms with Crippen molar-refractivity contribution in [3.63, 3.8) is 0 Å². The van der Waals surface area contributed by atoms with Crippen LogP contribution < -0.4 is 0 Å². The average molecular weight is 203 g/mol. The topological polar surface area (TPSA) is 50.9 Å². The molecule has 0 fully saturated rings. The third-order valence-corrected chi connectivity index (χ3v) is 2.06. The molecule has 1 N–H and O–H groups in total. The molecular formula is C11H13N3O. The molecule has 0 aliphatic heterocycles. The van der Waals surface area contributed by atoms with Crippen LogP contribution in [0.4, 0.5) is 0 Å². The summed E-state index contributed by atoms with van der Waals surface area (Å²) in [5, 5.41) is 17.2. The Kier molecular flexibility index (Phi) is 2.78. The lowest BCUT2D eigenvalue weighted by Crippen LogP contribution is -2.11. The molecule has 0 saturated carbocycles. The van der Waals surface area contributed by atoms with Crippen LogP contribution in [0.2, 0.25) is 0 Å². The molecule has 4 heteroatoms. The molecule has 1 aromatic carbocycles. The monoisotopic (exact) mass is 203 g/mol. The standard InChI is InChI=1S/C11H13N3O/c1-9(15)7-14-8-11(12-13-14)10-5-3-2-4-6-10/h2-6,8-9,15H,7H2,1H3/t9-/m0/s1. The fourth-order valence-corrected chi connectivity index (χ4v) is 1.40. The highest BCUT2D eigenvalue weighted by atomic mass is 16.3. The van der Waals surface area contributed by atoms with Gasteiger partial charge in [0, 0.05) is 5.56 Å². The van der Waals surface area contributed by atoms with Crippen molar-refractivity contribution in [2.75, 3.05) is 0 Å². The van der Waals surface area contributed by atoms with Crippen LogP contribution >= 0.6 is 0 Å². The number of rotatable bonds is 3. The number of aromatic nitrogens is 3. The predicted octanol–water partition coefficient (Wildman–Crippen LogP) is 1.33. The molecule has 0 aliphatic carbocycles. The Bertz CT molecular complexity index is 422. The van der Waals surface area contributed by atoms with E-state index in [1.165, 1.54) is 0 Å². The molecule has 0 amide bonds. The summed E-state index contributed by atoms with van der Waals surface area (Å²) in [4.78, 5) is 0. The maximum absolute atomic E-state index is 9.20. The quantitative estimate of drug-likeness (QED) is 0.818. The second kappa shape index (κ2) is 4.23. The Hall–Kier alpha value is -1.68. The molecule has 0 spiro atoms. The summed E-state index contributed by atoms with van der Waals surface area (Å²) in [6.45, 7) is 2.20. The smallest absolute Gasteiger partial charge is 0.113 e. The van der Waals surface area contributed by atoms with Crippen LogP contribution in [-0.4, -0.2) is 26.2 Å². The molecule has 0 bridgehead atoms. The molecule has 4 nitrogen and oxygen atoms in total. The average Bonchev–Trinajstić information content (AvgIpc) is 2.67. The molecule has 1 atom stereocenters. The Labute approximate surface area is 88.2 Å². The van der Waals surface area contributed by atoms with Gasteiger partial charge in [-0.2, -0.15) is 0 Å². The first-order chi connectivity index (χ1) is 7.25. The number of hydrogen-bond donors (Lipinski definition) is 1. The lowest BCUT2D eigenvalue weighted by atomic mass is 10.2. The van der Waals surface area contributed by atoms with Crippen LogP contribution in [0.1, 0.15) is 6.92 Å². The maximum Gasteiger partial charge on any atom is 0.113 e. The van der Waals surface area contributed by atoms with Crippen LogP contribution in [0.25, 0.3) is 11.3 Å². The Morgan fingerprint density at radius 2 is 2.07 bits per heavy atom. The van der Waals surface area contributed by atoms with E-state index >= 15 is 0 Å². The van der Waals surface area contributed by atoms with E-state index in [4.69, 9.17) is 0 Å². The van der Waals surface area contributed by atoms with Gasteiger partial charge in [0.25, 0.3) is 0 Å². The molecule has 0 saturated heterocycles. The van der Waals surface area contributed by atoms with Crippen molar-refractivity contribution in [2.45, 2.75) is 19.6 Å². The molecule has 15 heavy (non-hydrogen) atoms. The third-order valence-electron chi connectivity index (χ3n) is 2.06. The second-order valence-corrected chi connectivity index (χ2v) is 3.54. The molecule has 2 aromatic rings. The highest BCUT2D eigenvalue weighted by molar-refractivity contribution is 5.56. The lowest BCUT2D eigenvalue weighted by Gasteiger charge is -2.01. The van der Waals surface area contributed by atoms with Gasteiger partial charge >= 0.3 is 0 Å². The number of benzene rings is 1. The SMILES string of the molecule is C[C@H](O)Cn1cc(-c2ccccc2)nn1. The van der Waals surface area contributed by atoms with Gasteiger partial charge in [-0.3, -0.25) is 0 Å². The highest BCUT2D eigenvalue weighted by Crippen LogP contribution is 2.14. The van der Waals surface area contributed by atoms with Crippen LogP contribution in [0, 0.1) is 0 Å². The Morgan fingerprint density at radius 3 is 2.73 bits per heavy atom. The molecule has 0 aliphatic rings. The number of nitrogens with zero attached hydrogens (tertiary/aromatic N) is 3. The summed E-state index contributed by atoms with van der Waals surface area (Å²) >= 11 is 0. The van der Waals surface area contributed by atoms with Crippen molar-refractivity contribution in [1.29, 1.82) is 0 Å². The second-order valence-electron chi connectivity index (χ2n) is 3.54. The van der Waals surface area contributed by atoms with E-state index < -0.39 is 6.10 Å². The van der Waals surface area contributed by atoms with Crippen molar-refractivity contribution in [2.24, 2.45) is 0 Å². The number of hydrogen-bond acceptors (Lipinski definition) is 3. The number of aliphatic hydroxyl groups excluding tert-OH is 1. The lowest BCUT2D eigenvalue weighted by molar-refractivity contribution is 0.167. The van der Waals surface area contributed by atoms with Gasteiger partial charge in [0.2, 0.25) is 0 Å². The van der Waals surface area contributed by atoms with Gasteiger partial charge in [0.15, 0.2) is 0 Å². The first-order valence-electron chi connectivity index (χ1n) is 4.89. The molecular weight excluding hydrogens is 190 g/mol. The summed E-state index contributed by atoms with van der Waals surface area (Å²) in [5.74, 6) is 0. The molecule has 0 unspecified atom stereocenters. The van der Waals surface area contributed by atoms with E-state index in [0.717, 1.165) is 11.3 Å². The summed E-state index contributed by atoms with van der Waals surface area (Å²) in [7, 11) is 0. The normalized spacial score (nSPS) is 12.7.